The van der Waals surface area contributed by atoms with Crippen LogP contribution in [-0.2, 0) is 0 Å². The summed E-state index contributed by atoms with van der Waals surface area (Å²) in [4.78, 5) is 0. The zero-order valence-corrected chi connectivity index (χ0v) is 7.89. The number of rotatable bonds is 0. The van der Waals surface area contributed by atoms with E-state index in [9.17, 15) is 0 Å². The van der Waals surface area contributed by atoms with Crippen molar-refractivity contribution in [1.82, 2.24) is 0 Å². The summed E-state index contributed by atoms with van der Waals surface area (Å²) in [7, 11) is 0. The van der Waals surface area contributed by atoms with E-state index in [1.165, 1.54) is 0 Å². The van der Waals surface area contributed by atoms with E-state index in [-0.39, 0.29) is 0 Å². The predicted molar refractivity (Wildman–Crippen MR) is 59.6 cm³/mol. The van der Waals surface area contributed by atoms with Gasteiger partial charge in [-0.25, -0.2) is 0 Å². The van der Waals surface area contributed by atoms with Crippen molar-refractivity contribution in [2.75, 3.05) is 0 Å². The molecule has 0 aromatic heterocycles. The highest BCUT2D eigenvalue weighted by molar-refractivity contribution is 5.11. The topological polar surface area (TPSA) is 0 Å². The van der Waals surface area contributed by atoms with E-state index in [4.69, 9.17) is 0 Å². The lowest BCUT2D eigenvalue weighted by Crippen LogP contribution is -1.59. The molecule has 0 bridgehead atoms. The van der Waals surface area contributed by atoms with Crippen LogP contribution >= 0.6 is 0 Å². The van der Waals surface area contributed by atoms with Crippen LogP contribution in [0.3, 0.4) is 0 Å². The monoisotopic (exact) mass is 172 g/mol. The summed E-state index contributed by atoms with van der Waals surface area (Å²) in [6, 6.07) is 0. The quantitative estimate of drug-likeness (QED) is 0.485. The molecule has 0 saturated carbocycles. The Kier molecular flexibility index (Phi) is 5.54. The molecule has 0 spiro atoms. The standard InChI is InChI=1S/C13H16/c1-2-4-6-8-10-12-13-11-9-7-5-3-1/h1-4,7-11,13H,5-6,12H2/b3-1-,4-2+,9-7?,10-8+,13-11?. The van der Waals surface area contributed by atoms with Crippen LogP contribution in [0.15, 0.2) is 60.8 Å². The molecule has 1 aliphatic carbocycles. The summed E-state index contributed by atoms with van der Waals surface area (Å²) in [5.74, 6) is 0. The highest BCUT2D eigenvalue weighted by Gasteiger charge is 1.74. The van der Waals surface area contributed by atoms with Gasteiger partial charge in [0.2, 0.25) is 0 Å². The van der Waals surface area contributed by atoms with Crippen LogP contribution in [0.5, 0.6) is 0 Å². The maximum absolute atomic E-state index is 2.19. The van der Waals surface area contributed by atoms with Crippen molar-refractivity contribution in [3.05, 3.63) is 60.8 Å². The zero-order chi connectivity index (χ0) is 9.19. The van der Waals surface area contributed by atoms with E-state index in [1.807, 2.05) is 0 Å². The minimum absolute atomic E-state index is 1.02. The van der Waals surface area contributed by atoms with Crippen LogP contribution in [0.4, 0.5) is 0 Å². The first-order chi connectivity index (χ1) is 6.50. The van der Waals surface area contributed by atoms with Crippen LogP contribution in [0.25, 0.3) is 0 Å². The first kappa shape index (κ1) is 9.79. The van der Waals surface area contributed by atoms with E-state index in [0.29, 0.717) is 0 Å². The zero-order valence-electron chi connectivity index (χ0n) is 7.89. The van der Waals surface area contributed by atoms with E-state index in [1.54, 1.807) is 0 Å². The third kappa shape index (κ3) is 5.92. The van der Waals surface area contributed by atoms with Gasteiger partial charge in [0.1, 0.15) is 0 Å². The third-order valence-electron chi connectivity index (χ3n) is 1.75. The number of allylic oxidation sites excluding steroid dienone is 10. The fourth-order valence-electron chi connectivity index (χ4n) is 1.06. The van der Waals surface area contributed by atoms with E-state index < -0.39 is 0 Å². The summed E-state index contributed by atoms with van der Waals surface area (Å²) < 4.78 is 0. The molecule has 0 saturated heterocycles. The van der Waals surface area contributed by atoms with Gasteiger partial charge in [-0.05, 0) is 19.3 Å². The molecule has 0 atom stereocenters. The minimum Gasteiger partial charge on any atom is -0.0844 e. The maximum Gasteiger partial charge on any atom is -0.0163 e. The van der Waals surface area contributed by atoms with Crippen molar-refractivity contribution >= 4 is 0 Å². The average Bonchev–Trinajstić information content (AvgIpc) is 2.18. The van der Waals surface area contributed by atoms with Gasteiger partial charge in [0.15, 0.2) is 0 Å². The Labute approximate surface area is 80.7 Å². The summed E-state index contributed by atoms with van der Waals surface area (Å²) in [5.41, 5.74) is 0. The number of hydrogen-bond donors (Lipinski definition) is 0. The van der Waals surface area contributed by atoms with E-state index in [2.05, 4.69) is 60.8 Å². The molecule has 0 aromatic rings. The first-order valence-electron chi connectivity index (χ1n) is 4.78. The van der Waals surface area contributed by atoms with Crippen LogP contribution in [-0.4, -0.2) is 0 Å². The van der Waals surface area contributed by atoms with Gasteiger partial charge < -0.3 is 0 Å². The third-order valence-corrected chi connectivity index (χ3v) is 1.75. The molecule has 0 radical (unpaired) electrons. The van der Waals surface area contributed by atoms with Crippen LogP contribution < -0.4 is 0 Å². The van der Waals surface area contributed by atoms with E-state index >= 15 is 0 Å². The lowest BCUT2D eigenvalue weighted by atomic mass is 10.3. The van der Waals surface area contributed by atoms with Gasteiger partial charge in [0.05, 0.1) is 0 Å². The molecule has 0 heteroatoms. The Morgan fingerprint density at radius 3 is 1.08 bits per heavy atom. The normalized spacial score (nSPS) is 25.2. The summed E-state index contributed by atoms with van der Waals surface area (Å²) in [6.45, 7) is 0. The largest absolute Gasteiger partial charge is 0.0844 e. The number of hydrogen-bond acceptors (Lipinski definition) is 0. The lowest BCUT2D eigenvalue weighted by Gasteiger charge is -1.80. The smallest absolute Gasteiger partial charge is 0.0163 e. The maximum atomic E-state index is 2.19. The molecule has 1 aliphatic rings. The predicted octanol–water partition coefficient (Wildman–Crippen LogP) is 3.95. The van der Waals surface area contributed by atoms with Crippen LogP contribution in [0, 0.1) is 0 Å². The van der Waals surface area contributed by atoms with Crippen molar-refractivity contribution < 1.29 is 0 Å². The molecule has 13 heavy (non-hydrogen) atoms. The van der Waals surface area contributed by atoms with Gasteiger partial charge in [-0.15, -0.1) is 0 Å². The Morgan fingerprint density at radius 2 is 0.692 bits per heavy atom. The second-order valence-corrected chi connectivity index (χ2v) is 2.89. The van der Waals surface area contributed by atoms with E-state index in [0.717, 1.165) is 19.3 Å². The first-order valence-corrected chi connectivity index (χ1v) is 4.78. The SMILES string of the molecule is C1=CC/C=C\C=C\C/C=C/CC=C1. The van der Waals surface area contributed by atoms with Gasteiger partial charge in [-0.3, -0.25) is 0 Å². The van der Waals surface area contributed by atoms with Crippen molar-refractivity contribution in [1.29, 1.82) is 0 Å². The minimum atomic E-state index is 1.02. The molecule has 0 aliphatic heterocycles. The van der Waals surface area contributed by atoms with Crippen molar-refractivity contribution in [3.8, 4) is 0 Å². The van der Waals surface area contributed by atoms with Crippen LogP contribution in [0.2, 0.25) is 0 Å². The molecule has 0 N–H and O–H groups in total. The highest BCUT2D eigenvalue weighted by Crippen LogP contribution is 1.95. The molecule has 68 valence electrons. The Hall–Kier alpha value is -1.30. The summed E-state index contributed by atoms with van der Waals surface area (Å²) >= 11 is 0. The fourth-order valence-corrected chi connectivity index (χ4v) is 1.06. The summed E-state index contributed by atoms with van der Waals surface area (Å²) in [5, 5.41) is 0. The molecule has 0 heterocycles. The van der Waals surface area contributed by atoms with Crippen molar-refractivity contribution in [2.45, 2.75) is 19.3 Å². The molecule has 0 fully saturated rings. The second kappa shape index (κ2) is 7.35. The molecule has 0 nitrogen and oxygen atoms in total. The summed E-state index contributed by atoms with van der Waals surface area (Å²) in [6.07, 6.45) is 24.5. The Morgan fingerprint density at radius 1 is 0.385 bits per heavy atom. The van der Waals surface area contributed by atoms with Gasteiger partial charge in [-0.2, -0.15) is 0 Å². The Bertz CT molecular complexity index is 223. The second-order valence-electron chi connectivity index (χ2n) is 2.89. The molecule has 0 amide bonds. The molecular formula is C13H16. The molecule has 0 aromatic carbocycles. The lowest BCUT2D eigenvalue weighted by molar-refractivity contribution is 1.31. The molecular weight excluding hydrogens is 156 g/mol. The van der Waals surface area contributed by atoms with Crippen LogP contribution in [0.1, 0.15) is 19.3 Å². The average molecular weight is 172 g/mol. The Balaban J connectivity index is 2.49. The fraction of sp³-hybridized carbons (Fsp3) is 0.231. The van der Waals surface area contributed by atoms with Gasteiger partial charge >= 0.3 is 0 Å². The van der Waals surface area contributed by atoms with Gasteiger partial charge in [0, 0.05) is 0 Å². The highest BCUT2D eigenvalue weighted by atomic mass is 13.8. The van der Waals surface area contributed by atoms with Crippen molar-refractivity contribution in [2.24, 2.45) is 0 Å². The van der Waals surface area contributed by atoms with Crippen molar-refractivity contribution in [3.63, 3.8) is 0 Å². The molecule has 1 rings (SSSR count). The van der Waals surface area contributed by atoms with Gasteiger partial charge in [-0.1, -0.05) is 60.8 Å². The molecule has 0 unspecified atom stereocenters. The van der Waals surface area contributed by atoms with Gasteiger partial charge in [0.25, 0.3) is 0 Å².